The Hall–Kier alpha value is -0.990. The molecule has 2 N–H and O–H groups in total. The summed E-state index contributed by atoms with van der Waals surface area (Å²) >= 11 is 0. The van der Waals surface area contributed by atoms with Crippen molar-refractivity contribution < 1.29 is 4.79 Å². The molecule has 106 valence electrons. The quantitative estimate of drug-likeness (QED) is 0.607. The van der Waals surface area contributed by atoms with E-state index in [4.69, 9.17) is 5.73 Å². The number of unbranched alkanes of at least 4 members (excludes halogenated alkanes) is 2. The van der Waals surface area contributed by atoms with Gasteiger partial charge in [0.05, 0.1) is 0 Å². The molecule has 1 amide bonds. The number of nitrogens with zero attached hydrogens (tertiary/aromatic N) is 1. The van der Waals surface area contributed by atoms with Gasteiger partial charge in [-0.1, -0.05) is 40.0 Å². The highest BCUT2D eigenvalue weighted by molar-refractivity contribution is 5.91. The lowest BCUT2D eigenvalue weighted by atomic mass is 10.1. The van der Waals surface area contributed by atoms with Crippen molar-refractivity contribution in [3.8, 4) is 0 Å². The van der Waals surface area contributed by atoms with Gasteiger partial charge in [0.15, 0.2) is 0 Å². The Kier molecular flexibility index (Phi) is 9.43. The van der Waals surface area contributed by atoms with Crippen LogP contribution in [-0.2, 0) is 4.79 Å². The van der Waals surface area contributed by atoms with Gasteiger partial charge in [-0.05, 0) is 26.2 Å². The van der Waals surface area contributed by atoms with E-state index in [0.29, 0.717) is 0 Å². The van der Waals surface area contributed by atoms with E-state index in [-0.39, 0.29) is 5.91 Å². The molecule has 0 saturated carbocycles. The van der Waals surface area contributed by atoms with Gasteiger partial charge in [0.25, 0.3) is 0 Å². The fourth-order valence-electron chi connectivity index (χ4n) is 2.04. The topological polar surface area (TPSA) is 46.3 Å². The molecule has 0 rings (SSSR count). The van der Waals surface area contributed by atoms with E-state index in [0.717, 1.165) is 37.2 Å². The molecule has 0 fully saturated rings. The summed E-state index contributed by atoms with van der Waals surface area (Å²) < 4.78 is 0. The number of primary amides is 1. The van der Waals surface area contributed by atoms with Gasteiger partial charge in [-0.25, -0.2) is 0 Å². The Morgan fingerprint density at radius 3 is 1.83 bits per heavy atom. The molecule has 0 aromatic heterocycles. The van der Waals surface area contributed by atoms with Crippen molar-refractivity contribution in [3.05, 3.63) is 11.3 Å². The number of rotatable bonds is 10. The third-order valence-corrected chi connectivity index (χ3v) is 3.23. The molecular weight excluding hydrogens is 224 g/mol. The molecule has 3 heteroatoms. The Morgan fingerprint density at radius 2 is 1.50 bits per heavy atom. The molecule has 0 atom stereocenters. The number of hydrogen-bond donors (Lipinski definition) is 1. The van der Waals surface area contributed by atoms with E-state index in [2.05, 4.69) is 25.7 Å². The maximum Gasteiger partial charge on any atom is 0.246 e. The van der Waals surface area contributed by atoms with Crippen molar-refractivity contribution in [2.75, 3.05) is 13.1 Å². The number of amides is 1. The molecule has 0 saturated heterocycles. The van der Waals surface area contributed by atoms with Gasteiger partial charge in [0, 0.05) is 24.4 Å². The van der Waals surface area contributed by atoms with Crippen molar-refractivity contribution in [2.45, 2.75) is 66.2 Å². The van der Waals surface area contributed by atoms with Crippen LogP contribution in [0.15, 0.2) is 11.3 Å². The van der Waals surface area contributed by atoms with Gasteiger partial charge in [0.2, 0.25) is 5.91 Å². The van der Waals surface area contributed by atoms with Crippen LogP contribution in [0.3, 0.4) is 0 Å². The molecule has 18 heavy (non-hydrogen) atoms. The van der Waals surface area contributed by atoms with Crippen molar-refractivity contribution in [1.29, 1.82) is 0 Å². The van der Waals surface area contributed by atoms with E-state index in [1.165, 1.54) is 25.7 Å². The van der Waals surface area contributed by atoms with Gasteiger partial charge < -0.3 is 10.6 Å². The Bertz CT molecular complexity index is 264. The summed E-state index contributed by atoms with van der Waals surface area (Å²) in [4.78, 5) is 13.8. The molecule has 0 bridgehead atoms. The molecule has 0 unspecified atom stereocenters. The van der Waals surface area contributed by atoms with Crippen molar-refractivity contribution in [1.82, 2.24) is 4.90 Å². The molecule has 0 aromatic rings. The predicted molar refractivity (Wildman–Crippen MR) is 78.2 cm³/mol. The van der Waals surface area contributed by atoms with Crippen LogP contribution in [0.25, 0.3) is 0 Å². The van der Waals surface area contributed by atoms with Crippen LogP contribution < -0.4 is 5.73 Å². The minimum absolute atomic E-state index is 0.281. The lowest BCUT2D eigenvalue weighted by Gasteiger charge is -2.29. The summed E-state index contributed by atoms with van der Waals surface area (Å²) in [5.74, 6) is -0.281. The van der Waals surface area contributed by atoms with Crippen molar-refractivity contribution in [3.63, 3.8) is 0 Å². The first-order valence-electron chi connectivity index (χ1n) is 7.32. The Morgan fingerprint density at radius 1 is 1.00 bits per heavy atom. The van der Waals surface area contributed by atoms with E-state index < -0.39 is 0 Å². The fraction of sp³-hybridized carbons (Fsp3) is 0.800. The van der Waals surface area contributed by atoms with Crippen molar-refractivity contribution >= 4 is 5.91 Å². The summed E-state index contributed by atoms with van der Waals surface area (Å²) in [5.41, 5.74) is 7.34. The van der Waals surface area contributed by atoms with Crippen LogP contribution in [0.1, 0.15) is 66.2 Å². The normalized spacial score (nSPS) is 12.2. The summed E-state index contributed by atoms with van der Waals surface area (Å²) in [5, 5.41) is 0. The number of carbonyl (C=O) groups excluding carboxylic acids is 1. The SMILES string of the molecule is CCCCN(CCCC)C(CCC)=C(C)C(N)=O. The second kappa shape index (κ2) is 9.98. The monoisotopic (exact) mass is 254 g/mol. The molecular formula is C15H30N2O. The number of carbonyl (C=O) groups is 1. The Labute approximate surface area is 112 Å². The van der Waals surface area contributed by atoms with Crippen LogP contribution in [0, 0.1) is 0 Å². The molecule has 0 aliphatic rings. The molecule has 0 heterocycles. The van der Waals surface area contributed by atoms with Crippen LogP contribution in [-0.4, -0.2) is 23.9 Å². The largest absolute Gasteiger partial charge is 0.374 e. The molecule has 0 aromatic carbocycles. The number of hydrogen-bond acceptors (Lipinski definition) is 2. The maximum absolute atomic E-state index is 11.4. The van der Waals surface area contributed by atoms with Gasteiger partial charge >= 0.3 is 0 Å². The molecule has 0 aliphatic carbocycles. The first-order chi connectivity index (χ1) is 8.58. The van der Waals surface area contributed by atoms with Gasteiger partial charge in [-0.2, -0.15) is 0 Å². The lowest BCUT2D eigenvalue weighted by molar-refractivity contribution is -0.114. The van der Waals surface area contributed by atoms with Gasteiger partial charge in [-0.15, -0.1) is 0 Å². The summed E-state index contributed by atoms with van der Waals surface area (Å²) in [6.07, 6.45) is 6.69. The number of allylic oxidation sites excluding steroid dienone is 1. The van der Waals surface area contributed by atoms with Gasteiger partial charge in [-0.3, -0.25) is 4.79 Å². The van der Waals surface area contributed by atoms with Crippen LogP contribution >= 0.6 is 0 Å². The third kappa shape index (κ3) is 6.08. The minimum Gasteiger partial charge on any atom is -0.374 e. The average molecular weight is 254 g/mol. The molecule has 3 nitrogen and oxygen atoms in total. The standard InChI is InChI=1S/C15H30N2O/c1-5-8-11-17(12-9-6-2)14(10-7-3)13(4)15(16)18/h5-12H2,1-4H3,(H2,16,18). The van der Waals surface area contributed by atoms with E-state index in [1.54, 1.807) is 0 Å². The predicted octanol–water partition coefficient (Wildman–Crippen LogP) is 3.45. The van der Waals surface area contributed by atoms with Crippen LogP contribution in [0.4, 0.5) is 0 Å². The smallest absolute Gasteiger partial charge is 0.246 e. The lowest BCUT2D eigenvalue weighted by Crippen LogP contribution is -2.29. The van der Waals surface area contributed by atoms with E-state index in [1.807, 2.05) is 6.92 Å². The third-order valence-electron chi connectivity index (χ3n) is 3.23. The molecule has 0 aliphatic heterocycles. The second-order valence-corrected chi connectivity index (χ2v) is 4.88. The summed E-state index contributed by atoms with van der Waals surface area (Å²) in [6, 6.07) is 0. The highest BCUT2D eigenvalue weighted by Gasteiger charge is 2.14. The zero-order valence-corrected chi connectivity index (χ0v) is 12.6. The van der Waals surface area contributed by atoms with Crippen molar-refractivity contribution in [2.24, 2.45) is 5.73 Å². The first kappa shape index (κ1) is 17.0. The van der Waals surface area contributed by atoms with E-state index >= 15 is 0 Å². The zero-order chi connectivity index (χ0) is 14.0. The molecule has 0 spiro atoms. The van der Waals surface area contributed by atoms with E-state index in [9.17, 15) is 4.79 Å². The Balaban J connectivity index is 4.94. The second-order valence-electron chi connectivity index (χ2n) is 4.88. The average Bonchev–Trinajstić information content (AvgIpc) is 2.36. The highest BCUT2D eigenvalue weighted by Crippen LogP contribution is 2.18. The number of nitrogens with two attached hydrogens (primary N) is 1. The minimum atomic E-state index is -0.281. The van der Waals surface area contributed by atoms with Gasteiger partial charge in [0.1, 0.15) is 0 Å². The first-order valence-corrected chi connectivity index (χ1v) is 7.32. The zero-order valence-electron chi connectivity index (χ0n) is 12.6. The summed E-state index contributed by atoms with van der Waals surface area (Å²) in [7, 11) is 0. The highest BCUT2D eigenvalue weighted by atomic mass is 16.1. The fourth-order valence-corrected chi connectivity index (χ4v) is 2.04. The molecule has 0 radical (unpaired) electrons. The van der Waals surface area contributed by atoms with Crippen LogP contribution in [0.2, 0.25) is 0 Å². The maximum atomic E-state index is 11.4. The summed E-state index contributed by atoms with van der Waals surface area (Å²) in [6.45, 7) is 10.5. The van der Waals surface area contributed by atoms with Crippen LogP contribution in [0.5, 0.6) is 0 Å².